The normalized spacial score (nSPS) is 11.3. The van der Waals surface area contributed by atoms with Gasteiger partial charge in [-0.15, -0.1) is 12.3 Å². The summed E-state index contributed by atoms with van der Waals surface area (Å²) in [5.41, 5.74) is 0. The van der Waals surface area contributed by atoms with Crippen LogP contribution < -0.4 is 4.74 Å². The summed E-state index contributed by atoms with van der Waals surface area (Å²) in [5, 5.41) is 9.90. The monoisotopic (exact) mass is 275 g/mol. The lowest BCUT2D eigenvalue weighted by molar-refractivity contribution is 0.0765. The summed E-state index contributed by atoms with van der Waals surface area (Å²) in [4.78, 5) is 1.86. The molecule has 1 aromatic carbocycles. The molecule has 3 nitrogen and oxygen atoms in total. The van der Waals surface area contributed by atoms with Gasteiger partial charge in [0, 0.05) is 6.54 Å². The van der Waals surface area contributed by atoms with Crippen LogP contribution in [0.4, 0.5) is 4.39 Å². The van der Waals surface area contributed by atoms with Gasteiger partial charge in [0.2, 0.25) is 0 Å². The molecule has 0 aliphatic heterocycles. The fourth-order valence-electron chi connectivity index (χ4n) is 1.58. The SMILES string of the molecule is C#CCN(CC#CC)C[C@@H](O)COc1ccc(F)cc1. The van der Waals surface area contributed by atoms with Gasteiger partial charge in [0.15, 0.2) is 0 Å². The van der Waals surface area contributed by atoms with Gasteiger partial charge < -0.3 is 9.84 Å². The van der Waals surface area contributed by atoms with E-state index < -0.39 is 6.10 Å². The number of terminal acetylenes is 1. The Balaban J connectivity index is 2.40. The van der Waals surface area contributed by atoms with Gasteiger partial charge in [-0.05, 0) is 31.2 Å². The predicted molar refractivity (Wildman–Crippen MR) is 76.6 cm³/mol. The summed E-state index contributed by atoms with van der Waals surface area (Å²) in [6, 6.07) is 5.65. The molecule has 20 heavy (non-hydrogen) atoms. The number of hydrogen-bond donors (Lipinski definition) is 1. The fraction of sp³-hybridized carbons (Fsp3) is 0.375. The van der Waals surface area contributed by atoms with Crippen molar-refractivity contribution in [3.63, 3.8) is 0 Å². The fourth-order valence-corrected chi connectivity index (χ4v) is 1.58. The third-order valence-corrected chi connectivity index (χ3v) is 2.52. The molecule has 0 radical (unpaired) electrons. The van der Waals surface area contributed by atoms with E-state index in [-0.39, 0.29) is 12.4 Å². The number of nitrogens with zero attached hydrogens (tertiary/aromatic N) is 1. The summed E-state index contributed by atoms with van der Waals surface area (Å²) in [6.07, 6.45) is 4.58. The first-order valence-electron chi connectivity index (χ1n) is 6.27. The lowest BCUT2D eigenvalue weighted by atomic mass is 10.3. The van der Waals surface area contributed by atoms with Crippen molar-refractivity contribution in [3.05, 3.63) is 30.1 Å². The van der Waals surface area contributed by atoms with Crippen molar-refractivity contribution >= 4 is 0 Å². The average Bonchev–Trinajstić information content (AvgIpc) is 2.44. The second kappa shape index (κ2) is 8.98. The summed E-state index contributed by atoms with van der Waals surface area (Å²) in [5.74, 6) is 8.41. The average molecular weight is 275 g/mol. The van der Waals surface area contributed by atoms with Crippen molar-refractivity contribution in [2.75, 3.05) is 26.2 Å². The number of aliphatic hydroxyl groups excluding tert-OH is 1. The van der Waals surface area contributed by atoms with Crippen molar-refractivity contribution in [1.29, 1.82) is 0 Å². The van der Waals surface area contributed by atoms with Gasteiger partial charge in [-0.3, -0.25) is 4.90 Å². The standard InChI is InChI=1S/C16H18FNO2/c1-3-5-11-18(10-4-2)12-15(19)13-20-16-8-6-14(17)7-9-16/h2,6-9,15,19H,10-13H2,1H3/t15-/m1/s1. The third kappa shape index (κ3) is 6.24. The highest BCUT2D eigenvalue weighted by Gasteiger charge is 2.11. The largest absolute Gasteiger partial charge is 0.491 e. The van der Waals surface area contributed by atoms with Crippen LogP contribution in [0.5, 0.6) is 5.75 Å². The van der Waals surface area contributed by atoms with Crippen molar-refractivity contribution in [2.24, 2.45) is 0 Å². The highest BCUT2D eigenvalue weighted by Crippen LogP contribution is 2.11. The molecular weight excluding hydrogens is 257 g/mol. The summed E-state index contributed by atoms with van der Waals surface area (Å²) >= 11 is 0. The lowest BCUT2D eigenvalue weighted by Gasteiger charge is -2.21. The van der Waals surface area contributed by atoms with E-state index in [1.807, 2.05) is 4.90 Å². The van der Waals surface area contributed by atoms with Gasteiger partial charge in [0.25, 0.3) is 0 Å². The molecule has 4 heteroatoms. The minimum absolute atomic E-state index is 0.117. The third-order valence-electron chi connectivity index (χ3n) is 2.52. The van der Waals surface area contributed by atoms with E-state index in [1.165, 1.54) is 24.3 Å². The Hall–Kier alpha value is -2.01. The van der Waals surface area contributed by atoms with E-state index in [0.717, 1.165) is 0 Å². The zero-order valence-corrected chi connectivity index (χ0v) is 11.5. The highest BCUT2D eigenvalue weighted by atomic mass is 19.1. The second-order valence-corrected chi connectivity index (χ2v) is 4.22. The zero-order valence-electron chi connectivity index (χ0n) is 11.5. The van der Waals surface area contributed by atoms with Gasteiger partial charge in [-0.1, -0.05) is 11.8 Å². The maximum Gasteiger partial charge on any atom is 0.123 e. The van der Waals surface area contributed by atoms with Crippen molar-refractivity contribution in [1.82, 2.24) is 4.90 Å². The molecule has 0 saturated carbocycles. The lowest BCUT2D eigenvalue weighted by Crippen LogP contribution is -2.36. The van der Waals surface area contributed by atoms with E-state index in [1.54, 1.807) is 6.92 Å². The molecule has 1 rings (SSSR count). The summed E-state index contributed by atoms with van der Waals surface area (Å²) in [7, 11) is 0. The van der Waals surface area contributed by atoms with Crippen LogP contribution in [0, 0.1) is 30.0 Å². The second-order valence-electron chi connectivity index (χ2n) is 4.22. The Morgan fingerprint density at radius 1 is 1.35 bits per heavy atom. The molecule has 106 valence electrons. The Labute approximate surface area is 119 Å². The Morgan fingerprint density at radius 2 is 2.05 bits per heavy atom. The first kappa shape index (κ1) is 16.0. The molecule has 0 aliphatic rings. The summed E-state index contributed by atoms with van der Waals surface area (Å²) in [6.45, 7) is 3.17. The Morgan fingerprint density at radius 3 is 2.65 bits per heavy atom. The number of aliphatic hydroxyl groups is 1. The van der Waals surface area contributed by atoms with Crippen LogP contribution in [0.1, 0.15) is 6.92 Å². The molecule has 0 aromatic heterocycles. The highest BCUT2D eigenvalue weighted by molar-refractivity contribution is 5.22. The van der Waals surface area contributed by atoms with Crippen LogP contribution in [0.25, 0.3) is 0 Å². The molecule has 0 fully saturated rings. The quantitative estimate of drug-likeness (QED) is 0.766. The van der Waals surface area contributed by atoms with E-state index in [9.17, 15) is 9.50 Å². The Kier molecular flexibility index (Phi) is 7.21. The number of benzene rings is 1. The summed E-state index contributed by atoms with van der Waals surface area (Å²) < 4.78 is 18.1. The number of hydrogen-bond acceptors (Lipinski definition) is 3. The van der Waals surface area contributed by atoms with Crippen LogP contribution in [-0.2, 0) is 0 Å². The molecule has 1 aromatic rings. The molecule has 1 atom stereocenters. The molecule has 0 spiro atoms. The topological polar surface area (TPSA) is 32.7 Å². The first-order chi connectivity index (χ1) is 9.65. The minimum Gasteiger partial charge on any atom is -0.491 e. The molecule has 0 unspecified atom stereocenters. The molecule has 0 amide bonds. The molecule has 1 N–H and O–H groups in total. The predicted octanol–water partition coefficient (Wildman–Crippen LogP) is 1.52. The molecule has 0 saturated heterocycles. The van der Waals surface area contributed by atoms with E-state index in [0.29, 0.717) is 25.4 Å². The Bertz CT molecular complexity index is 496. The molecular formula is C16H18FNO2. The molecule has 0 aliphatic carbocycles. The van der Waals surface area contributed by atoms with Gasteiger partial charge in [-0.2, -0.15) is 0 Å². The maximum absolute atomic E-state index is 12.7. The van der Waals surface area contributed by atoms with Crippen molar-refractivity contribution < 1.29 is 14.2 Å². The van der Waals surface area contributed by atoms with Crippen LogP contribution in [0.2, 0.25) is 0 Å². The molecule has 0 heterocycles. The van der Waals surface area contributed by atoms with E-state index in [2.05, 4.69) is 17.8 Å². The van der Waals surface area contributed by atoms with Crippen LogP contribution >= 0.6 is 0 Å². The zero-order chi connectivity index (χ0) is 14.8. The minimum atomic E-state index is -0.688. The van der Waals surface area contributed by atoms with Gasteiger partial charge >= 0.3 is 0 Å². The van der Waals surface area contributed by atoms with Crippen LogP contribution in [0.15, 0.2) is 24.3 Å². The van der Waals surface area contributed by atoms with Crippen molar-refractivity contribution in [3.8, 4) is 29.9 Å². The first-order valence-corrected chi connectivity index (χ1v) is 6.27. The van der Waals surface area contributed by atoms with Crippen LogP contribution in [0.3, 0.4) is 0 Å². The van der Waals surface area contributed by atoms with Gasteiger partial charge in [0.1, 0.15) is 24.3 Å². The van der Waals surface area contributed by atoms with Gasteiger partial charge in [0.05, 0.1) is 13.1 Å². The number of rotatable bonds is 7. The van der Waals surface area contributed by atoms with E-state index >= 15 is 0 Å². The van der Waals surface area contributed by atoms with Gasteiger partial charge in [-0.25, -0.2) is 4.39 Å². The maximum atomic E-state index is 12.7. The van der Waals surface area contributed by atoms with E-state index in [4.69, 9.17) is 11.2 Å². The van der Waals surface area contributed by atoms with Crippen LogP contribution in [-0.4, -0.2) is 42.4 Å². The van der Waals surface area contributed by atoms with Crippen molar-refractivity contribution in [2.45, 2.75) is 13.0 Å². The number of ether oxygens (including phenoxy) is 1. The molecule has 0 bridgehead atoms. The smallest absolute Gasteiger partial charge is 0.123 e. The number of halogens is 1.